The van der Waals surface area contributed by atoms with Crippen molar-refractivity contribution in [1.29, 1.82) is 0 Å². The van der Waals surface area contributed by atoms with E-state index in [1.54, 1.807) is 6.20 Å². The van der Waals surface area contributed by atoms with Gasteiger partial charge in [-0.1, -0.05) is 24.3 Å². The molecule has 5 nitrogen and oxygen atoms in total. The van der Waals surface area contributed by atoms with Gasteiger partial charge >= 0.3 is 0 Å². The Morgan fingerprint density at radius 1 is 1.21 bits per heavy atom. The topological polar surface area (TPSA) is 53.9 Å². The monoisotopic (exact) mass is 319 g/mol. The van der Waals surface area contributed by atoms with Gasteiger partial charge in [-0.15, -0.1) is 0 Å². The molecule has 1 aliphatic rings. The fourth-order valence-corrected chi connectivity index (χ4v) is 3.53. The molecule has 1 fully saturated rings. The maximum atomic E-state index is 4.70. The second-order valence-corrected chi connectivity index (χ2v) is 6.20. The molecule has 2 aromatic heterocycles. The van der Waals surface area contributed by atoms with Crippen molar-refractivity contribution in [3.63, 3.8) is 0 Å². The van der Waals surface area contributed by atoms with Gasteiger partial charge in [0.15, 0.2) is 0 Å². The normalized spacial score (nSPS) is 18.1. The summed E-state index contributed by atoms with van der Waals surface area (Å²) in [6, 6.07) is 10.9. The van der Waals surface area contributed by atoms with E-state index in [9.17, 15) is 0 Å². The molecule has 0 unspecified atom stereocenters. The van der Waals surface area contributed by atoms with Crippen LogP contribution in [0.3, 0.4) is 0 Å². The quantitative estimate of drug-likeness (QED) is 0.799. The van der Waals surface area contributed by atoms with E-state index in [0.717, 1.165) is 36.5 Å². The van der Waals surface area contributed by atoms with Crippen LogP contribution in [-0.4, -0.2) is 33.4 Å². The predicted molar refractivity (Wildman–Crippen MR) is 95.7 cm³/mol. The SMILES string of the molecule is CNc1cncc([C@@H]2CCCN2Cc2cccc3cccnc23)n1. The number of rotatable bonds is 4. The summed E-state index contributed by atoms with van der Waals surface area (Å²) in [5.74, 6) is 0.825. The second-order valence-electron chi connectivity index (χ2n) is 6.20. The Morgan fingerprint density at radius 2 is 2.12 bits per heavy atom. The zero-order valence-electron chi connectivity index (χ0n) is 13.8. The number of hydrogen-bond donors (Lipinski definition) is 1. The van der Waals surface area contributed by atoms with Gasteiger partial charge < -0.3 is 5.32 Å². The van der Waals surface area contributed by atoms with E-state index in [-0.39, 0.29) is 0 Å². The van der Waals surface area contributed by atoms with Gasteiger partial charge in [0.1, 0.15) is 5.82 Å². The molecular weight excluding hydrogens is 298 g/mol. The number of para-hydroxylation sites is 1. The molecule has 1 atom stereocenters. The lowest BCUT2D eigenvalue weighted by molar-refractivity contribution is 0.245. The van der Waals surface area contributed by atoms with E-state index in [2.05, 4.69) is 44.5 Å². The molecule has 1 N–H and O–H groups in total. The molecule has 0 amide bonds. The Labute approximate surface area is 141 Å². The van der Waals surface area contributed by atoms with E-state index in [4.69, 9.17) is 4.98 Å². The minimum Gasteiger partial charge on any atom is -0.372 e. The molecule has 24 heavy (non-hydrogen) atoms. The van der Waals surface area contributed by atoms with Crippen molar-refractivity contribution in [3.05, 3.63) is 60.2 Å². The van der Waals surface area contributed by atoms with E-state index >= 15 is 0 Å². The molecule has 4 rings (SSSR count). The van der Waals surface area contributed by atoms with Crippen LogP contribution < -0.4 is 5.32 Å². The molecule has 1 saturated heterocycles. The summed E-state index contributed by atoms with van der Waals surface area (Å²) in [6.07, 6.45) is 7.84. The summed E-state index contributed by atoms with van der Waals surface area (Å²) in [7, 11) is 1.88. The zero-order valence-corrected chi connectivity index (χ0v) is 13.8. The molecular formula is C19H21N5. The van der Waals surface area contributed by atoms with Crippen LogP contribution in [0.15, 0.2) is 48.9 Å². The van der Waals surface area contributed by atoms with Crippen LogP contribution in [0.1, 0.15) is 30.1 Å². The van der Waals surface area contributed by atoms with Gasteiger partial charge in [-0.3, -0.25) is 14.9 Å². The van der Waals surface area contributed by atoms with Crippen LogP contribution in [0.4, 0.5) is 5.82 Å². The summed E-state index contributed by atoms with van der Waals surface area (Å²) in [6.45, 7) is 1.98. The Hall–Kier alpha value is -2.53. The number of pyridine rings is 1. The summed E-state index contributed by atoms with van der Waals surface area (Å²) in [5, 5.41) is 4.27. The van der Waals surface area contributed by atoms with Crippen LogP contribution in [0, 0.1) is 0 Å². The van der Waals surface area contributed by atoms with Crippen LogP contribution >= 0.6 is 0 Å². The molecule has 5 heteroatoms. The molecule has 3 heterocycles. The minimum atomic E-state index is 0.324. The number of likely N-dealkylation sites (tertiary alicyclic amines) is 1. The molecule has 122 valence electrons. The number of aromatic nitrogens is 3. The molecule has 0 saturated carbocycles. The van der Waals surface area contributed by atoms with Crippen molar-refractivity contribution in [2.75, 3.05) is 18.9 Å². The van der Waals surface area contributed by atoms with Gasteiger partial charge in [-0.2, -0.15) is 0 Å². The molecule has 1 aliphatic heterocycles. The summed E-state index contributed by atoms with van der Waals surface area (Å²) in [4.78, 5) is 16.1. The fraction of sp³-hybridized carbons (Fsp3) is 0.316. The Kier molecular flexibility index (Phi) is 4.09. The van der Waals surface area contributed by atoms with Crippen LogP contribution in [0.25, 0.3) is 10.9 Å². The van der Waals surface area contributed by atoms with Crippen molar-refractivity contribution in [2.45, 2.75) is 25.4 Å². The number of benzene rings is 1. The maximum Gasteiger partial charge on any atom is 0.144 e. The Morgan fingerprint density at radius 3 is 3.04 bits per heavy atom. The minimum absolute atomic E-state index is 0.324. The highest BCUT2D eigenvalue weighted by Gasteiger charge is 2.28. The second kappa shape index (κ2) is 6.53. The number of nitrogens with one attached hydrogen (secondary N) is 1. The first-order valence-electron chi connectivity index (χ1n) is 8.41. The first-order valence-corrected chi connectivity index (χ1v) is 8.41. The van der Waals surface area contributed by atoms with Crippen LogP contribution in [0.2, 0.25) is 0 Å². The number of hydrogen-bond acceptors (Lipinski definition) is 5. The van der Waals surface area contributed by atoms with Crippen molar-refractivity contribution in [2.24, 2.45) is 0 Å². The van der Waals surface area contributed by atoms with Crippen LogP contribution in [0.5, 0.6) is 0 Å². The molecule has 1 aromatic carbocycles. The van der Waals surface area contributed by atoms with Gasteiger partial charge in [-0.05, 0) is 31.0 Å². The van der Waals surface area contributed by atoms with Gasteiger partial charge in [0.2, 0.25) is 0 Å². The lowest BCUT2D eigenvalue weighted by Crippen LogP contribution is -2.24. The predicted octanol–water partition coefficient (Wildman–Crippen LogP) is 3.40. The third-order valence-electron chi connectivity index (χ3n) is 4.70. The third-order valence-corrected chi connectivity index (χ3v) is 4.70. The average Bonchev–Trinajstić information content (AvgIpc) is 3.10. The Balaban J connectivity index is 1.63. The van der Waals surface area contributed by atoms with Crippen LogP contribution in [-0.2, 0) is 6.54 Å². The lowest BCUT2D eigenvalue weighted by Gasteiger charge is -2.24. The van der Waals surface area contributed by atoms with Crippen molar-refractivity contribution in [3.8, 4) is 0 Å². The van der Waals surface area contributed by atoms with Gasteiger partial charge in [0, 0.05) is 25.2 Å². The van der Waals surface area contributed by atoms with Crippen molar-refractivity contribution >= 4 is 16.7 Å². The first kappa shape index (κ1) is 15.0. The smallest absolute Gasteiger partial charge is 0.144 e. The highest BCUT2D eigenvalue weighted by atomic mass is 15.2. The summed E-state index contributed by atoms with van der Waals surface area (Å²) < 4.78 is 0. The highest BCUT2D eigenvalue weighted by Crippen LogP contribution is 2.33. The van der Waals surface area contributed by atoms with Gasteiger partial charge in [0.25, 0.3) is 0 Å². The average molecular weight is 319 g/mol. The lowest BCUT2D eigenvalue weighted by atomic mass is 10.1. The molecule has 0 radical (unpaired) electrons. The largest absolute Gasteiger partial charge is 0.372 e. The first-order chi connectivity index (χ1) is 11.8. The third kappa shape index (κ3) is 2.83. The van der Waals surface area contributed by atoms with E-state index in [0.29, 0.717) is 6.04 Å². The molecule has 0 aliphatic carbocycles. The van der Waals surface area contributed by atoms with Crippen molar-refractivity contribution in [1.82, 2.24) is 19.9 Å². The van der Waals surface area contributed by atoms with Crippen molar-refractivity contribution < 1.29 is 0 Å². The molecule has 0 spiro atoms. The fourth-order valence-electron chi connectivity index (χ4n) is 3.53. The van der Waals surface area contributed by atoms with Gasteiger partial charge in [-0.25, -0.2) is 4.98 Å². The Bertz CT molecular complexity index is 843. The van der Waals surface area contributed by atoms with E-state index in [1.807, 2.05) is 25.5 Å². The number of fused-ring (bicyclic) bond motifs is 1. The number of anilines is 1. The van der Waals surface area contributed by atoms with E-state index < -0.39 is 0 Å². The summed E-state index contributed by atoms with van der Waals surface area (Å²) >= 11 is 0. The number of nitrogens with zero attached hydrogens (tertiary/aromatic N) is 4. The zero-order chi connectivity index (χ0) is 16.4. The standard InChI is InChI=1S/C19H21N5/c1-20-18-12-21-11-16(23-18)17-8-4-10-24(17)13-15-6-2-5-14-7-3-9-22-19(14)15/h2-3,5-7,9,11-12,17H,4,8,10,13H2,1H3,(H,20,23)/t17-/m0/s1. The molecule has 0 bridgehead atoms. The van der Waals surface area contributed by atoms with E-state index in [1.165, 1.54) is 17.4 Å². The maximum absolute atomic E-state index is 4.70. The van der Waals surface area contributed by atoms with Gasteiger partial charge in [0.05, 0.1) is 29.6 Å². The highest BCUT2D eigenvalue weighted by molar-refractivity contribution is 5.81. The summed E-state index contributed by atoms with van der Waals surface area (Å²) in [5.41, 5.74) is 3.42. The molecule has 3 aromatic rings.